The van der Waals surface area contributed by atoms with Crippen LogP contribution in [-0.4, -0.2) is 41.0 Å². The molecule has 1 amide bonds. The molecule has 9 heteroatoms. The fourth-order valence-electron chi connectivity index (χ4n) is 2.58. The largest absolute Gasteiger partial charge is 0.456 e. The van der Waals surface area contributed by atoms with Crippen molar-refractivity contribution in [2.75, 3.05) is 6.61 Å². The number of ether oxygens (including phenoxy) is 2. The number of esters is 1. The minimum absolute atomic E-state index is 0.143. The number of Topliss-reactive ketones (excluding diaryl/α,β-unsaturated/α-hetero) is 1. The van der Waals surface area contributed by atoms with Gasteiger partial charge in [0.25, 0.3) is 5.69 Å². The van der Waals surface area contributed by atoms with Crippen LogP contribution >= 0.6 is 0 Å². The van der Waals surface area contributed by atoms with E-state index in [9.17, 15) is 24.5 Å². The molecule has 9 nitrogen and oxygen atoms in total. The van der Waals surface area contributed by atoms with Crippen LogP contribution in [0.4, 0.5) is 10.5 Å². The van der Waals surface area contributed by atoms with Crippen LogP contribution in [0.1, 0.15) is 36.7 Å². The lowest BCUT2D eigenvalue weighted by atomic mass is 10.1. The Morgan fingerprint density at radius 2 is 1.65 bits per heavy atom. The van der Waals surface area contributed by atoms with Gasteiger partial charge in [0.2, 0.25) is 0 Å². The van der Waals surface area contributed by atoms with Gasteiger partial charge in [-0.3, -0.25) is 14.9 Å². The molecule has 1 N–H and O–H groups in total. The van der Waals surface area contributed by atoms with Crippen molar-refractivity contribution < 1.29 is 28.8 Å². The summed E-state index contributed by atoms with van der Waals surface area (Å²) < 4.78 is 10.3. The molecule has 0 saturated heterocycles. The maximum absolute atomic E-state index is 12.6. The maximum Gasteiger partial charge on any atom is 0.408 e. The Bertz CT molecular complexity index is 935. The highest BCUT2D eigenvalue weighted by molar-refractivity contribution is 5.98. The van der Waals surface area contributed by atoms with Gasteiger partial charge in [0.15, 0.2) is 12.4 Å². The van der Waals surface area contributed by atoms with E-state index in [1.165, 1.54) is 24.3 Å². The number of nitro groups is 1. The van der Waals surface area contributed by atoms with Crippen molar-refractivity contribution in [3.05, 3.63) is 75.8 Å². The average molecular weight is 428 g/mol. The van der Waals surface area contributed by atoms with Crippen LogP contribution in [0.25, 0.3) is 0 Å². The van der Waals surface area contributed by atoms with Crippen LogP contribution < -0.4 is 5.32 Å². The molecule has 0 aliphatic carbocycles. The minimum Gasteiger partial charge on any atom is -0.456 e. The monoisotopic (exact) mass is 428 g/mol. The predicted molar refractivity (Wildman–Crippen MR) is 112 cm³/mol. The molecule has 0 unspecified atom stereocenters. The van der Waals surface area contributed by atoms with Crippen molar-refractivity contribution in [2.24, 2.45) is 0 Å². The van der Waals surface area contributed by atoms with E-state index in [0.717, 1.165) is 5.56 Å². The van der Waals surface area contributed by atoms with Crippen LogP contribution in [0, 0.1) is 10.1 Å². The van der Waals surface area contributed by atoms with E-state index in [2.05, 4.69) is 5.32 Å². The number of ketones is 1. The summed E-state index contributed by atoms with van der Waals surface area (Å²) in [5, 5.41) is 13.2. The average Bonchev–Trinajstić information content (AvgIpc) is 2.70. The molecule has 2 rings (SSSR count). The first-order valence-electron chi connectivity index (χ1n) is 9.53. The predicted octanol–water partition coefficient (Wildman–Crippen LogP) is 3.46. The summed E-state index contributed by atoms with van der Waals surface area (Å²) >= 11 is 0. The van der Waals surface area contributed by atoms with E-state index in [1.807, 2.05) is 6.07 Å². The van der Waals surface area contributed by atoms with E-state index >= 15 is 0 Å². The van der Waals surface area contributed by atoms with Gasteiger partial charge in [0.05, 0.1) is 4.92 Å². The Labute approximate surface area is 179 Å². The second-order valence-corrected chi connectivity index (χ2v) is 7.72. The Morgan fingerprint density at radius 3 is 2.19 bits per heavy atom. The Balaban J connectivity index is 2.04. The van der Waals surface area contributed by atoms with Crippen molar-refractivity contribution in [1.29, 1.82) is 0 Å². The maximum atomic E-state index is 12.6. The smallest absolute Gasteiger partial charge is 0.408 e. The molecule has 2 aromatic rings. The zero-order valence-electron chi connectivity index (χ0n) is 17.5. The summed E-state index contributed by atoms with van der Waals surface area (Å²) in [4.78, 5) is 47.1. The van der Waals surface area contributed by atoms with Crippen molar-refractivity contribution in [1.82, 2.24) is 5.32 Å². The lowest BCUT2D eigenvalue weighted by molar-refractivity contribution is -0.384. The summed E-state index contributed by atoms with van der Waals surface area (Å²) in [5.74, 6) is -1.33. The van der Waals surface area contributed by atoms with Gasteiger partial charge in [-0.1, -0.05) is 30.3 Å². The van der Waals surface area contributed by atoms with Gasteiger partial charge >= 0.3 is 12.1 Å². The number of nitrogens with zero attached hydrogens (tertiary/aromatic N) is 1. The first-order chi connectivity index (χ1) is 14.5. The van der Waals surface area contributed by atoms with Crippen molar-refractivity contribution >= 4 is 23.5 Å². The standard InChI is InChI=1S/C22H24N2O7/c1-22(2,3)31-21(27)23-18(13-15-7-5-4-6-8-15)20(26)30-14-19(25)16-9-11-17(12-10-16)24(28)29/h4-12,18H,13-14H2,1-3H3,(H,23,27)/t18-/m0/s1. The second kappa shape index (κ2) is 10.3. The molecule has 0 saturated carbocycles. The Hall–Kier alpha value is -3.75. The van der Waals surface area contributed by atoms with Crippen LogP contribution in [-0.2, 0) is 20.7 Å². The quantitative estimate of drug-likeness (QED) is 0.295. The van der Waals surface area contributed by atoms with Crippen molar-refractivity contribution in [3.8, 4) is 0 Å². The van der Waals surface area contributed by atoms with Crippen LogP contribution in [0.15, 0.2) is 54.6 Å². The SMILES string of the molecule is CC(C)(C)OC(=O)N[C@@H](Cc1ccccc1)C(=O)OCC(=O)c1ccc([N+](=O)[O-])cc1. The van der Waals surface area contributed by atoms with E-state index in [0.29, 0.717) is 0 Å². The van der Waals surface area contributed by atoms with Gasteiger partial charge in [-0.05, 0) is 38.5 Å². The Morgan fingerprint density at radius 1 is 1.03 bits per heavy atom. The third kappa shape index (κ3) is 7.88. The number of rotatable bonds is 8. The molecule has 0 aliphatic heterocycles. The van der Waals surface area contributed by atoms with Gasteiger partial charge in [-0.25, -0.2) is 9.59 Å². The normalized spacial score (nSPS) is 11.8. The third-order valence-corrected chi connectivity index (χ3v) is 4.00. The van der Waals surface area contributed by atoms with Gasteiger partial charge in [-0.15, -0.1) is 0 Å². The second-order valence-electron chi connectivity index (χ2n) is 7.72. The molecule has 0 bridgehead atoms. The molecule has 0 fully saturated rings. The van der Waals surface area contributed by atoms with Crippen LogP contribution in [0.2, 0.25) is 0 Å². The summed E-state index contributed by atoms with van der Waals surface area (Å²) in [7, 11) is 0. The van der Waals surface area contributed by atoms with Gasteiger partial charge in [0.1, 0.15) is 11.6 Å². The number of nitrogens with one attached hydrogen (secondary N) is 1. The number of hydrogen-bond acceptors (Lipinski definition) is 7. The number of amides is 1. The minimum atomic E-state index is -1.07. The fraction of sp³-hybridized carbons (Fsp3) is 0.318. The van der Waals surface area contributed by atoms with E-state index < -0.39 is 41.0 Å². The molecule has 164 valence electrons. The lowest BCUT2D eigenvalue weighted by Gasteiger charge is -2.23. The third-order valence-electron chi connectivity index (χ3n) is 4.00. The molecule has 0 heterocycles. The molecule has 0 spiro atoms. The van der Waals surface area contributed by atoms with E-state index in [4.69, 9.17) is 9.47 Å². The summed E-state index contributed by atoms with van der Waals surface area (Å²) in [6, 6.07) is 12.9. The summed E-state index contributed by atoms with van der Waals surface area (Å²) in [6.45, 7) is 4.51. The zero-order valence-corrected chi connectivity index (χ0v) is 17.5. The molecule has 1 atom stereocenters. The number of alkyl carbamates (subject to hydrolysis) is 1. The Kier molecular flexibility index (Phi) is 7.84. The molecule has 0 radical (unpaired) electrons. The number of carbonyl (C=O) groups is 3. The molecule has 0 aliphatic rings. The molecule has 31 heavy (non-hydrogen) atoms. The van der Waals surface area contributed by atoms with Gasteiger partial charge in [0, 0.05) is 24.1 Å². The topological polar surface area (TPSA) is 125 Å². The lowest BCUT2D eigenvalue weighted by Crippen LogP contribution is -2.45. The number of benzene rings is 2. The van der Waals surface area contributed by atoms with Gasteiger partial charge in [-0.2, -0.15) is 0 Å². The fourth-order valence-corrected chi connectivity index (χ4v) is 2.58. The number of carbonyl (C=O) groups excluding carboxylic acids is 3. The first-order valence-corrected chi connectivity index (χ1v) is 9.53. The summed E-state index contributed by atoms with van der Waals surface area (Å²) in [6.07, 6.45) is -0.642. The van der Waals surface area contributed by atoms with Crippen molar-refractivity contribution in [2.45, 2.75) is 38.8 Å². The molecule has 0 aromatic heterocycles. The molecular formula is C22H24N2O7. The summed E-state index contributed by atoms with van der Waals surface area (Å²) in [5.41, 5.74) is 0.0373. The number of nitro benzene ring substituents is 1. The number of non-ortho nitro benzene ring substituents is 1. The highest BCUT2D eigenvalue weighted by Gasteiger charge is 2.26. The van der Waals surface area contributed by atoms with Gasteiger partial charge < -0.3 is 14.8 Å². The first kappa shape index (κ1) is 23.5. The molecular weight excluding hydrogens is 404 g/mol. The van der Waals surface area contributed by atoms with Crippen LogP contribution in [0.3, 0.4) is 0 Å². The number of hydrogen-bond donors (Lipinski definition) is 1. The highest BCUT2D eigenvalue weighted by Crippen LogP contribution is 2.13. The van der Waals surface area contributed by atoms with E-state index in [1.54, 1.807) is 45.0 Å². The zero-order chi connectivity index (χ0) is 23.0. The molecule has 2 aromatic carbocycles. The van der Waals surface area contributed by atoms with Crippen LogP contribution in [0.5, 0.6) is 0 Å². The highest BCUT2D eigenvalue weighted by atomic mass is 16.6. The van der Waals surface area contributed by atoms with E-state index in [-0.39, 0.29) is 17.7 Å². The van der Waals surface area contributed by atoms with Crippen molar-refractivity contribution in [3.63, 3.8) is 0 Å².